The van der Waals surface area contributed by atoms with Crippen LogP contribution in [0.5, 0.6) is 5.75 Å². The van der Waals surface area contributed by atoms with Crippen molar-refractivity contribution in [2.24, 2.45) is 0 Å². The zero-order chi connectivity index (χ0) is 14.5. The fraction of sp³-hybridized carbons (Fsp3) is 0.308. The van der Waals surface area contributed by atoms with E-state index in [-0.39, 0.29) is 5.91 Å². The van der Waals surface area contributed by atoms with Crippen LogP contribution in [0, 0.1) is 0 Å². The number of carbonyl (C=O) groups excluding carboxylic acids is 1. The van der Waals surface area contributed by atoms with Crippen LogP contribution in [0.3, 0.4) is 0 Å². The minimum absolute atomic E-state index is 0.316. The average Bonchev–Trinajstić information content (AvgIpc) is 2.86. The van der Waals surface area contributed by atoms with Gasteiger partial charge in [0, 0.05) is 11.4 Å². The van der Waals surface area contributed by atoms with Gasteiger partial charge >= 0.3 is 0 Å². The summed E-state index contributed by atoms with van der Waals surface area (Å²) in [6.45, 7) is 2.07. The minimum Gasteiger partial charge on any atom is -0.496 e. The number of hydrogen-bond acceptors (Lipinski definition) is 5. The molecule has 1 aromatic carbocycles. The Morgan fingerprint density at radius 3 is 2.95 bits per heavy atom. The zero-order valence-electron chi connectivity index (χ0n) is 11.1. The molecule has 0 atom stereocenters. The predicted octanol–water partition coefficient (Wildman–Crippen LogP) is 3.40. The second kappa shape index (κ2) is 6.67. The summed E-state index contributed by atoms with van der Waals surface area (Å²) in [5, 5.41) is 12.5. The Morgan fingerprint density at radius 1 is 1.45 bits per heavy atom. The molecule has 0 aliphatic carbocycles. The summed E-state index contributed by atoms with van der Waals surface area (Å²) in [6.07, 6.45) is 1.85. The molecule has 0 radical (unpaired) electrons. The number of anilines is 1. The van der Waals surface area contributed by atoms with Crippen LogP contribution in [-0.2, 0) is 6.42 Å². The van der Waals surface area contributed by atoms with Gasteiger partial charge in [-0.2, -0.15) is 0 Å². The number of halogens is 1. The van der Waals surface area contributed by atoms with Crippen molar-refractivity contribution in [2.45, 2.75) is 19.8 Å². The molecule has 20 heavy (non-hydrogen) atoms. The summed E-state index contributed by atoms with van der Waals surface area (Å²) in [7, 11) is 1.50. The molecule has 7 heteroatoms. The van der Waals surface area contributed by atoms with Gasteiger partial charge in [0.1, 0.15) is 10.8 Å². The third-order valence-corrected chi connectivity index (χ3v) is 3.69. The number of benzene rings is 1. The van der Waals surface area contributed by atoms with Crippen LogP contribution >= 0.6 is 22.9 Å². The molecule has 0 aliphatic heterocycles. The van der Waals surface area contributed by atoms with Crippen molar-refractivity contribution in [3.8, 4) is 5.75 Å². The monoisotopic (exact) mass is 311 g/mol. The largest absolute Gasteiger partial charge is 0.496 e. The molecule has 0 saturated heterocycles. The van der Waals surface area contributed by atoms with Gasteiger partial charge in [-0.3, -0.25) is 10.1 Å². The van der Waals surface area contributed by atoms with Crippen LogP contribution in [0.15, 0.2) is 18.2 Å². The van der Waals surface area contributed by atoms with E-state index in [1.54, 1.807) is 18.2 Å². The second-order valence-corrected chi connectivity index (χ2v) is 5.55. The van der Waals surface area contributed by atoms with E-state index in [9.17, 15) is 4.79 Å². The lowest BCUT2D eigenvalue weighted by Gasteiger charge is -2.07. The quantitative estimate of drug-likeness (QED) is 0.919. The number of carbonyl (C=O) groups is 1. The third kappa shape index (κ3) is 3.46. The van der Waals surface area contributed by atoms with E-state index in [1.165, 1.54) is 18.4 Å². The smallest absolute Gasteiger partial charge is 0.261 e. The molecule has 0 unspecified atom stereocenters. The fourth-order valence-electron chi connectivity index (χ4n) is 1.64. The van der Waals surface area contributed by atoms with Gasteiger partial charge in [0.25, 0.3) is 5.91 Å². The highest BCUT2D eigenvalue weighted by Crippen LogP contribution is 2.24. The SMILES string of the molecule is CCCc1nnc(NC(=O)c2cc(Cl)ccc2OC)s1. The molecule has 1 heterocycles. The lowest BCUT2D eigenvalue weighted by atomic mass is 10.2. The first-order valence-electron chi connectivity index (χ1n) is 6.11. The number of ether oxygens (including phenoxy) is 1. The number of nitrogens with one attached hydrogen (secondary N) is 1. The number of hydrogen-bond donors (Lipinski definition) is 1. The van der Waals surface area contributed by atoms with Gasteiger partial charge in [-0.05, 0) is 24.6 Å². The van der Waals surface area contributed by atoms with Gasteiger partial charge < -0.3 is 4.74 Å². The molecule has 5 nitrogen and oxygen atoms in total. The maximum atomic E-state index is 12.2. The molecule has 0 spiro atoms. The Kier molecular flexibility index (Phi) is 4.92. The number of amides is 1. The topological polar surface area (TPSA) is 64.1 Å². The van der Waals surface area contributed by atoms with Crippen LogP contribution in [0.1, 0.15) is 28.7 Å². The average molecular weight is 312 g/mol. The lowest BCUT2D eigenvalue weighted by Crippen LogP contribution is -2.13. The Morgan fingerprint density at radius 2 is 2.25 bits per heavy atom. The molecule has 0 saturated carbocycles. The molecule has 1 aromatic heterocycles. The van der Waals surface area contributed by atoms with E-state index in [0.29, 0.717) is 21.5 Å². The van der Waals surface area contributed by atoms with E-state index in [1.807, 2.05) is 0 Å². The van der Waals surface area contributed by atoms with Crippen molar-refractivity contribution in [3.05, 3.63) is 33.8 Å². The fourth-order valence-corrected chi connectivity index (χ4v) is 2.65. The molecule has 2 aromatic rings. The third-order valence-electron chi connectivity index (χ3n) is 2.56. The van der Waals surface area contributed by atoms with Crippen LogP contribution in [-0.4, -0.2) is 23.2 Å². The summed E-state index contributed by atoms with van der Waals surface area (Å²) >= 11 is 7.28. The van der Waals surface area contributed by atoms with Gasteiger partial charge in [-0.1, -0.05) is 29.9 Å². The van der Waals surface area contributed by atoms with Gasteiger partial charge in [0.2, 0.25) is 5.13 Å². The van der Waals surface area contributed by atoms with E-state index in [0.717, 1.165) is 17.8 Å². The molecule has 1 amide bonds. The Labute approximate surface area is 125 Å². The van der Waals surface area contributed by atoms with Crippen LogP contribution < -0.4 is 10.1 Å². The van der Waals surface area contributed by atoms with E-state index in [2.05, 4.69) is 22.4 Å². The van der Waals surface area contributed by atoms with E-state index >= 15 is 0 Å². The van der Waals surface area contributed by atoms with Crippen LogP contribution in [0.4, 0.5) is 5.13 Å². The molecule has 1 N–H and O–H groups in total. The Hall–Kier alpha value is -1.66. The second-order valence-electron chi connectivity index (χ2n) is 4.05. The first-order valence-corrected chi connectivity index (χ1v) is 7.30. The summed E-state index contributed by atoms with van der Waals surface area (Å²) in [6, 6.07) is 4.88. The zero-order valence-corrected chi connectivity index (χ0v) is 12.7. The standard InChI is InChI=1S/C13H14ClN3O2S/c1-3-4-11-16-17-13(20-11)15-12(18)9-7-8(14)5-6-10(9)19-2/h5-7H,3-4H2,1-2H3,(H,15,17,18). The normalized spacial score (nSPS) is 10.3. The number of aromatic nitrogens is 2. The molecule has 0 bridgehead atoms. The van der Waals surface area contributed by atoms with Crippen molar-refractivity contribution < 1.29 is 9.53 Å². The highest BCUT2D eigenvalue weighted by molar-refractivity contribution is 7.15. The molecule has 106 valence electrons. The Bertz CT molecular complexity index is 615. The molecular formula is C13H14ClN3O2S. The van der Waals surface area contributed by atoms with Crippen molar-refractivity contribution in [1.29, 1.82) is 0 Å². The highest BCUT2D eigenvalue weighted by atomic mass is 35.5. The first kappa shape index (κ1) is 14.7. The first-order chi connectivity index (χ1) is 9.63. The van der Waals surface area contributed by atoms with Crippen LogP contribution in [0.25, 0.3) is 0 Å². The molecule has 2 rings (SSSR count). The van der Waals surface area contributed by atoms with E-state index < -0.39 is 0 Å². The Balaban J connectivity index is 2.16. The number of aryl methyl sites for hydroxylation is 1. The van der Waals surface area contributed by atoms with Gasteiger partial charge in [-0.15, -0.1) is 10.2 Å². The molecule has 0 aliphatic rings. The van der Waals surface area contributed by atoms with Crippen molar-refractivity contribution in [2.75, 3.05) is 12.4 Å². The highest BCUT2D eigenvalue weighted by Gasteiger charge is 2.15. The number of nitrogens with zero attached hydrogens (tertiary/aromatic N) is 2. The van der Waals surface area contributed by atoms with Gasteiger partial charge in [-0.25, -0.2) is 0 Å². The molecular weight excluding hydrogens is 298 g/mol. The summed E-state index contributed by atoms with van der Waals surface area (Å²) in [5.41, 5.74) is 0.368. The van der Waals surface area contributed by atoms with Crippen molar-refractivity contribution in [3.63, 3.8) is 0 Å². The van der Waals surface area contributed by atoms with E-state index in [4.69, 9.17) is 16.3 Å². The van der Waals surface area contributed by atoms with Gasteiger partial charge in [0.05, 0.1) is 12.7 Å². The maximum absolute atomic E-state index is 12.2. The van der Waals surface area contributed by atoms with Crippen LogP contribution in [0.2, 0.25) is 5.02 Å². The number of rotatable bonds is 5. The summed E-state index contributed by atoms with van der Waals surface area (Å²) in [5.74, 6) is 0.147. The van der Waals surface area contributed by atoms with Gasteiger partial charge in [0.15, 0.2) is 0 Å². The number of methoxy groups -OCH3 is 1. The van der Waals surface area contributed by atoms with Crippen molar-refractivity contribution >= 4 is 34.0 Å². The summed E-state index contributed by atoms with van der Waals surface area (Å²) in [4.78, 5) is 12.2. The van der Waals surface area contributed by atoms with Crippen molar-refractivity contribution in [1.82, 2.24) is 10.2 Å². The lowest BCUT2D eigenvalue weighted by molar-refractivity contribution is 0.102. The predicted molar refractivity (Wildman–Crippen MR) is 79.9 cm³/mol. The maximum Gasteiger partial charge on any atom is 0.261 e. The molecule has 0 fully saturated rings. The summed E-state index contributed by atoms with van der Waals surface area (Å²) < 4.78 is 5.15. The minimum atomic E-state index is -0.316.